The van der Waals surface area contributed by atoms with Crippen molar-refractivity contribution in [1.82, 2.24) is 10.2 Å². The van der Waals surface area contributed by atoms with Crippen molar-refractivity contribution in [3.63, 3.8) is 0 Å². The molecule has 0 atom stereocenters. The van der Waals surface area contributed by atoms with E-state index in [0.717, 1.165) is 0 Å². The minimum atomic E-state index is -1.36. The van der Waals surface area contributed by atoms with Crippen LogP contribution in [0.5, 0.6) is 5.75 Å². The normalized spacial score (nSPS) is 10.3. The quantitative estimate of drug-likeness (QED) is 0.774. The van der Waals surface area contributed by atoms with Crippen molar-refractivity contribution in [3.05, 3.63) is 34.1 Å². The molecule has 0 aliphatic heterocycles. The summed E-state index contributed by atoms with van der Waals surface area (Å²) in [7, 11) is 1.47. The van der Waals surface area contributed by atoms with Gasteiger partial charge in [0.05, 0.1) is 18.0 Å². The average Bonchev–Trinajstić information content (AvgIpc) is 2.28. The Morgan fingerprint density at radius 3 is 2.88 bits per heavy atom. The lowest BCUT2D eigenvalue weighted by molar-refractivity contribution is 0.0688. The van der Waals surface area contributed by atoms with Gasteiger partial charge in [-0.3, -0.25) is 9.89 Å². The lowest BCUT2D eigenvalue weighted by Crippen LogP contribution is -2.18. The van der Waals surface area contributed by atoms with Gasteiger partial charge >= 0.3 is 5.97 Å². The Bertz CT molecular complexity index is 618. The molecule has 2 rings (SSSR count). The van der Waals surface area contributed by atoms with E-state index < -0.39 is 17.1 Å². The zero-order chi connectivity index (χ0) is 11.7. The predicted octanol–water partition coefficient (Wildman–Crippen LogP) is 0.630. The van der Waals surface area contributed by atoms with E-state index in [4.69, 9.17) is 9.84 Å². The van der Waals surface area contributed by atoms with Crippen LogP contribution in [0.15, 0.2) is 23.0 Å². The molecule has 0 saturated carbocycles. The Kier molecular flexibility index (Phi) is 2.32. The summed E-state index contributed by atoms with van der Waals surface area (Å²) in [6, 6.07) is 4.73. The number of hydrogen-bond acceptors (Lipinski definition) is 4. The maximum absolute atomic E-state index is 11.7. The molecule has 0 spiro atoms. The number of benzene rings is 1. The van der Waals surface area contributed by atoms with Crippen molar-refractivity contribution in [2.75, 3.05) is 7.11 Å². The van der Waals surface area contributed by atoms with Crippen molar-refractivity contribution < 1.29 is 14.6 Å². The van der Waals surface area contributed by atoms with Gasteiger partial charge in [-0.05, 0) is 18.2 Å². The third kappa shape index (κ3) is 1.50. The van der Waals surface area contributed by atoms with Gasteiger partial charge < -0.3 is 9.84 Å². The number of aromatic nitrogens is 2. The van der Waals surface area contributed by atoms with E-state index in [1.165, 1.54) is 13.2 Å². The van der Waals surface area contributed by atoms with Gasteiger partial charge in [0, 0.05) is 0 Å². The topological polar surface area (TPSA) is 92.3 Å². The summed E-state index contributed by atoms with van der Waals surface area (Å²) in [5.74, 6) is -0.869. The second-order valence-electron chi connectivity index (χ2n) is 3.12. The van der Waals surface area contributed by atoms with E-state index in [9.17, 15) is 9.59 Å². The molecular formula is C10H8N2O4. The third-order valence-corrected chi connectivity index (χ3v) is 2.18. The van der Waals surface area contributed by atoms with E-state index in [1.807, 2.05) is 0 Å². The molecule has 0 unspecified atom stereocenters. The van der Waals surface area contributed by atoms with E-state index >= 15 is 0 Å². The molecule has 0 saturated heterocycles. The number of nitrogens with zero attached hydrogens (tertiary/aromatic N) is 1. The van der Waals surface area contributed by atoms with Crippen molar-refractivity contribution in [1.29, 1.82) is 0 Å². The van der Waals surface area contributed by atoms with E-state index in [0.29, 0.717) is 11.3 Å². The van der Waals surface area contributed by atoms with Crippen LogP contribution in [0.2, 0.25) is 0 Å². The largest absolute Gasteiger partial charge is 0.497 e. The standard InChI is InChI=1S/C10H8N2O4/c1-16-5-2-3-7-6(4-5)9(13)8(10(14)15)12-11-7/h2-4H,1H3,(H,11,13)(H,14,15). The maximum atomic E-state index is 11.7. The number of carboxylic acid groups (broad SMARTS) is 1. The zero-order valence-corrected chi connectivity index (χ0v) is 8.35. The Labute approximate surface area is 89.5 Å². The summed E-state index contributed by atoms with van der Waals surface area (Å²) in [6.07, 6.45) is 0. The van der Waals surface area contributed by atoms with E-state index in [2.05, 4.69) is 10.2 Å². The molecule has 6 heteroatoms. The van der Waals surface area contributed by atoms with Crippen LogP contribution in [0.25, 0.3) is 10.9 Å². The molecule has 0 bridgehead atoms. The number of H-pyrrole nitrogens is 1. The minimum absolute atomic E-state index is 0.242. The number of carbonyl (C=O) groups is 1. The molecule has 0 amide bonds. The number of fused-ring (bicyclic) bond motifs is 1. The summed E-state index contributed by atoms with van der Waals surface area (Å²) in [6.45, 7) is 0. The molecule has 6 nitrogen and oxygen atoms in total. The molecule has 2 aromatic rings. The Hall–Kier alpha value is -2.37. The van der Waals surface area contributed by atoms with Gasteiger partial charge in [-0.25, -0.2) is 4.79 Å². The van der Waals surface area contributed by atoms with Gasteiger partial charge in [0.2, 0.25) is 11.1 Å². The first-order valence-electron chi connectivity index (χ1n) is 4.43. The SMILES string of the molecule is COc1ccc2[nH]nc(C(=O)O)c(=O)c2c1. The highest BCUT2D eigenvalue weighted by atomic mass is 16.5. The number of aromatic amines is 1. The van der Waals surface area contributed by atoms with Crippen molar-refractivity contribution >= 4 is 16.9 Å². The third-order valence-electron chi connectivity index (χ3n) is 2.18. The van der Waals surface area contributed by atoms with Crippen LogP contribution in [0, 0.1) is 0 Å². The molecule has 0 radical (unpaired) electrons. The number of methoxy groups -OCH3 is 1. The lowest BCUT2D eigenvalue weighted by Gasteiger charge is -2.02. The van der Waals surface area contributed by atoms with Gasteiger partial charge in [-0.1, -0.05) is 0 Å². The molecule has 0 aliphatic rings. The van der Waals surface area contributed by atoms with Crippen LogP contribution in [-0.2, 0) is 0 Å². The number of hydrogen-bond donors (Lipinski definition) is 2. The molecule has 1 heterocycles. The van der Waals surface area contributed by atoms with Crippen LogP contribution < -0.4 is 10.2 Å². The highest BCUT2D eigenvalue weighted by Crippen LogP contribution is 2.15. The van der Waals surface area contributed by atoms with Gasteiger partial charge in [0.1, 0.15) is 5.75 Å². The smallest absolute Gasteiger partial charge is 0.360 e. The molecule has 0 aliphatic carbocycles. The summed E-state index contributed by atoms with van der Waals surface area (Å²) in [5, 5.41) is 15.0. The number of ether oxygens (including phenoxy) is 1. The van der Waals surface area contributed by atoms with Crippen LogP contribution in [-0.4, -0.2) is 28.4 Å². The van der Waals surface area contributed by atoms with Crippen LogP contribution >= 0.6 is 0 Å². The zero-order valence-electron chi connectivity index (χ0n) is 8.35. The Morgan fingerprint density at radius 2 is 2.25 bits per heavy atom. The second kappa shape index (κ2) is 3.65. The second-order valence-corrected chi connectivity index (χ2v) is 3.12. The predicted molar refractivity (Wildman–Crippen MR) is 55.9 cm³/mol. The van der Waals surface area contributed by atoms with Crippen LogP contribution in [0.3, 0.4) is 0 Å². The fraction of sp³-hybridized carbons (Fsp3) is 0.100. The first-order valence-corrected chi connectivity index (χ1v) is 4.43. The van der Waals surface area contributed by atoms with Gasteiger partial charge in [0.15, 0.2) is 0 Å². The summed E-state index contributed by atoms with van der Waals surface area (Å²) >= 11 is 0. The van der Waals surface area contributed by atoms with E-state index in [-0.39, 0.29) is 5.39 Å². The number of aromatic carboxylic acids is 1. The molecule has 1 aromatic heterocycles. The summed E-state index contributed by atoms with van der Waals surface area (Å²) in [4.78, 5) is 22.4. The molecule has 1 aromatic carbocycles. The Balaban J connectivity index is 2.81. The fourth-order valence-electron chi connectivity index (χ4n) is 1.38. The van der Waals surface area contributed by atoms with Crippen molar-refractivity contribution in [2.24, 2.45) is 0 Å². The van der Waals surface area contributed by atoms with Gasteiger partial charge in [-0.2, -0.15) is 5.10 Å². The summed E-state index contributed by atoms with van der Waals surface area (Å²) in [5.41, 5.74) is -0.684. The molecule has 82 valence electrons. The molecule has 2 N–H and O–H groups in total. The Morgan fingerprint density at radius 1 is 1.50 bits per heavy atom. The molecular weight excluding hydrogens is 212 g/mol. The average molecular weight is 220 g/mol. The van der Waals surface area contributed by atoms with Crippen LogP contribution in [0.4, 0.5) is 0 Å². The van der Waals surface area contributed by atoms with Gasteiger partial charge in [-0.15, -0.1) is 0 Å². The maximum Gasteiger partial charge on any atom is 0.360 e. The lowest BCUT2D eigenvalue weighted by atomic mass is 10.2. The molecule has 16 heavy (non-hydrogen) atoms. The number of nitrogens with one attached hydrogen (secondary N) is 1. The first-order chi connectivity index (χ1) is 7.63. The van der Waals surface area contributed by atoms with Crippen LogP contribution in [0.1, 0.15) is 10.5 Å². The summed E-state index contributed by atoms with van der Waals surface area (Å²) < 4.78 is 4.96. The number of rotatable bonds is 2. The monoisotopic (exact) mass is 220 g/mol. The molecule has 0 fully saturated rings. The highest BCUT2D eigenvalue weighted by Gasteiger charge is 2.13. The first kappa shape index (κ1) is 10.2. The van der Waals surface area contributed by atoms with Crippen molar-refractivity contribution in [2.45, 2.75) is 0 Å². The minimum Gasteiger partial charge on any atom is -0.497 e. The fourth-order valence-corrected chi connectivity index (χ4v) is 1.38. The van der Waals surface area contributed by atoms with Gasteiger partial charge in [0.25, 0.3) is 0 Å². The highest BCUT2D eigenvalue weighted by molar-refractivity contribution is 5.90. The van der Waals surface area contributed by atoms with Crippen molar-refractivity contribution in [3.8, 4) is 5.75 Å². The van der Waals surface area contributed by atoms with E-state index in [1.54, 1.807) is 12.1 Å². The number of carboxylic acids is 1.